The summed E-state index contributed by atoms with van der Waals surface area (Å²) in [5.41, 5.74) is -0.777. The largest absolute Gasteiger partial charge is 0.479 e. The van der Waals surface area contributed by atoms with Gasteiger partial charge in [-0.1, -0.05) is 13.8 Å². The third kappa shape index (κ3) is 3.58. The van der Waals surface area contributed by atoms with E-state index in [0.717, 1.165) is 12.1 Å². The number of aliphatic carboxylic acids is 1. The normalized spacial score (nSPS) is 20.6. The number of nitrogens with zero attached hydrogens (tertiary/aromatic N) is 2. The first-order chi connectivity index (χ1) is 17.0. The number of benzene rings is 2. The molecule has 1 unspecified atom stereocenters. The van der Waals surface area contributed by atoms with Gasteiger partial charge in [0, 0.05) is 40.7 Å². The SMILES string of the molecule is COCC(C)(C)c1c(C2CC[C@@](O)(C(=O)O)C2)c2c(F)c3[nH]ncc3cc2n1-c1ccc(F)c(F)c1. The van der Waals surface area contributed by atoms with Crippen LogP contribution < -0.4 is 0 Å². The highest BCUT2D eigenvalue weighted by atomic mass is 19.2. The fourth-order valence-corrected chi connectivity index (χ4v) is 5.68. The number of halogens is 3. The number of carboxylic acid groups (broad SMARTS) is 1. The van der Waals surface area contributed by atoms with Crippen LogP contribution in [0.3, 0.4) is 0 Å². The van der Waals surface area contributed by atoms with Crippen molar-refractivity contribution in [1.29, 1.82) is 0 Å². The molecule has 1 aliphatic rings. The molecule has 2 aromatic carbocycles. The number of methoxy groups -OCH3 is 1. The summed E-state index contributed by atoms with van der Waals surface area (Å²) in [5.74, 6) is -4.50. The minimum absolute atomic E-state index is 0.00289. The van der Waals surface area contributed by atoms with E-state index in [1.165, 1.54) is 19.4 Å². The highest BCUT2D eigenvalue weighted by Gasteiger charge is 2.47. The van der Waals surface area contributed by atoms with Crippen LogP contribution in [0.4, 0.5) is 13.2 Å². The minimum atomic E-state index is -1.95. The summed E-state index contributed by atoms with van der Waals surface area (Å²) in [5, 5.41) is 27.7. The maximum Gasteiger partial charge on any atom is 0.335 e. The maximum atomic E-state index is 16.2. The second-order valence-electron chi connectivity index (χ2n) is 10.2. The number of rotatable bonds is 6. The van der Waals surface area contributed by atoms with Crippen molar-refractivity contribution in [3.63, 3.8) is 0 Å². The molecule has 0 bridgehead atoms. The molecular formula is C26H26F3N3O4. The van der Waals surface area contributed by atoms with Crippen molar-refractivity contribution in [2.75, 3.05) is 13.7 Å². The summed E-state index contributed by atoms with van der Waals surface area (Å²) < 4.78 is 51.6. The molecule has 2 aromatic heterocycles. The highest BCUT2D eigenvalue weighted by Crippen LogP contribution is 2.50. The van der Waals surface area contributed by atoms with Crippen LogP contribution in [0.1, 0.15) is 50.3 Å². The summed E-state index contributed by atoms with van der Waals surface area (Å²) >= 11 is 0. The van der Waals surface area contributed by atoms with Gasteiger partial charge in [-0.2, -0.15) is 5.10 Å². The predicted octanol–water partition coefficient (Wildman–Crippen LogP) is 4.93. The van der Waals surface area contributed by atoms with Crippen LogP contribution in [-0.4, -0.2) is 50.3 Å². The maximum absolute atomic E-state index is 16.2. The lowest BCUT2D eigenvalue weighted by Crippen LogP contribution is -2.35. The van der Waals surface area contributed by atoms with Crippen molar-refractivity contribution in [2.24, 2.45) is 0 Å². The van der Waals surface area contributed by atoms with E-state index in [9.17, 15) is 23.8 Å². The van der Waals surface area contributed by atoms with Crippen molar-refractivity contribution in [3.05, 3.63) is 59.2 Å². The average molecular weight is 502 g/mol. The van der Waals surface area contributed by atoms with Crippen LogP contribution in [0.2, 0.25) is 0 Å². The molecule has 36 heavy (non-hydrogen) atoms. The molecule has 0 saturated heterocycles. The molecule has 1 fully saturated rings. The number of carbonyl (C=O) groups is 1. The van der Waals surface area contributed by atoms with Gasteiger partial charge in [-0.15, -0.1) is 0 Å². The number of aromatic amines is 1. The molecule has 1 aliphatic carbocycles. The molecule has 7 nitrogen and oxygen atoms in total. The van der Waals surface area contributed by atoms with E-state index in [1.807, 2.05) is 13.8 Å². The molecule has 190 valence electrons. The smallest absolute Gasteiger partial charge is 0.335 e. The van der Waals surface area contributed by atoms with Crippen LogP contribution in [0.25, 0.3) is 27.5 Å². The Morgan fingerprint density at radius 1 is 1.28 bits per heavy atom. The quantitative estimate of drug-likeness (QED) is 0.348. The summed E-state index contributed by atoms with van der Waals surface area (Å²) in [6, 6.07) is 5.18. The number of hydrogen-bond donors (Lipinski definition) is 3. The molecule has 3 N–H and O–H groups in total. The van der Waals surface area contributed by atoms with Gasteiger partial charge in [0.1, 0.15) is 5.52 Å². The molecule has 0 aliphatic heterocycles. The zero-order valence-electron chi connectivity index (χ0n) is 20.0. The van der Waals surface area contributed by atoms with Gasteiger partial charge in [0.15, 0.2) is 23.1 Å². The lowest BCUT2D eigenvalue weighted by Gasteiger charge is -2.29. The first kappa shape index (κ1) is 24.3. The molecule has 0 amide bonds. The Morgan fingerprint density at radius 3 is 2.67 bits per heavy atom. The Kier molecular flexibility index (Phi) is 5.64. The minimum Gasteiger partial charge on any atom is -0.479 e. The number of nitrogens with one attached hydrogen (secondary N) is 1. The van der Waals surface area contributed by atoms with E-state index in [4.69, 9.17) is 4.74 Å². The van der Waals surface area contributed by atoms with E-state index in [-0.39, 0.29) is 36.0 Å². The van der Waals surface area contributed by atoms with Gasteiger partial charge in [0.05, 0.1) is 18.3 Å². The van der Waals surface area contributed by atoms with E-state index < -0.39 is 40.4 Å². The Morgan fingerprint density at radius 2 is 2.03 bits per heavy atom. The molecule has 5 rings (SSSR count). The van der Waals surface area contributed by atoms with Crippen molar-refractivity contribution in [1.82, 2.24) is 14.8 Å². The third-order valence-corrected chi connectivity index (χ3v) is 7.25. The summed E-state index contributed by atoms with van der Waals surface area (Å²) in [4.78, 5) is 11.8. The molecule has 10 heteroatoms. The van der Waals surface area contributed by atoms with Crippen molar-refractivity contribution < 1.29 is 32.9 Å². The standard InChI is InChI=1S/C26H26F3N3O4/c1-25(2,12-36-3)23-19(13-6-7-26(35,10-13)24(33)34)20-18(8-14-11-30-31-22(14)21(20)29)32(23)15-4-5-16(27)17(28)9-15/h4-5,8-9,11,13,35H,6-7,10,12H2,1-3H3,(H,30,31)(H,33,34)/t13?,26-/m0/s1. The topological polar surface area (TPSA) is 100 Å². The van der Waals surface area contributed by atoms with Crippen molar-refractivity contribution >= 4 is 27.8 Å². The fourth-order valence-electron chi connectivity index (χ4n) is 5.68. The number of ether oxygens (including phenoxy) is 1. The Balaban J connectivity index is 1.93. The van der Waals surface area contributed by atoms with Gasteiger partial charge < -0.3 is 19.5 Å². The Hall–Kier alpha value is -3.37. The molecule has 0 radical (unpaired) electrons. The van der Waals surface area contributed by atoms with Crippen LogP contribution in [0, 0.1) is 17.5 Å². The van der Waals surface area contributed by atoms with Gasteiger partial charge in [0.25, 0.3) is 0 Å². The number of H-pyrrole nitrogens is 1. The lowest BCUT2D eigenvalue weighted by atomic mass is 9.81. The number of fused-ring (bicyclic) bond motifs is 2. The summed E-state index contributed by atoms with van der Waals surface area (Å²) in [7, 11) is 1.53. The van der Waals surface area contributed by atoms with Crippen LogP contribution >= 0.6 is 0 Å². The fraction of sp³-hybridized carbons (Fsp3) is 0.385. The predicted molar refractivity (Wildman–Crippen MR) is 127 cm³/mol. The number of aliphatic hydroxyl groups is 1. The van der Waals surface area contributed by atoms with E-state index in [2.05, 4.69) is 10.2 Å². The second kappa shape index (κ2) is 8.35. The molecular weight excluding hydrogens is 475 g/mol. The first-order valence-corrected chi connectivity index (χ1v) is 11.6. The Bertz CT molecular complexity index is 1510. The lowest BCUT2D eigenvalue weighted by molar-refractivity contribution is -0.157. The van der Waals surface area contributed by atoms with Gasteiger partial charge in [-0.25, -0.2) is 18.0 Å². The Labute approximate surface area is 204 Å². The number of carboxylic acids is 1. The van der Waals surface area contributed by atoms with Crippen LogP contribution in [0.15, 0.2) is 30.5 Å². The van der Waals surface area contributed by atoms with Gasteiger partial charge in [-0.05, 0) is 48.9 Å². The number of aromatic nitrogens is 3. The van der Waals surface area contributed by atoms with E-state index in [0.29, 0.717) is 28.6 Å². The molecule has 2 heterocycles. The van der Waals surface area contributed by atoms with Crippen molar-refractivity contribution in [2.45, 2.75) is 50.0 Å². The summed E-state index contributed by atoms with van der Waals surface area (Å²) in [6.07, 6.45) is 1.66. The average Bonchev–Trinajstić information content (AvgIpc) is 3.52. The van der Waals surface area contributed by atoms with Gasteiger partial charge in [0.2, 0.25) is 0 Å². The molecule has 2 atom stereocenters. The third-order valence-electron chi connectivity index (χ3n) is 7.25. The monoisotopic (exact) mass is 501 g/mol. The molecule has 1 saturated carbocycles. The molecule has 0 spiro atoms. The van der Waals surface area contributed by atoms with Crippen LogP contribution in [0.5, 0.6) is 0 Å². The second-order valence-corrected chi connectivity index (χ2v) is 10.2. The molecule has 4 aromatic rings. The van der Waals surface area contributed by atoms with Gasteiger partial charge >= 0.3 is 5.97 Å². The first-order valence-electron chi connectivity index (χ1n) is 11.6. The van der Waals surface area contributed by atoms with Crippen LogP contribution in [-0.2, 0) is 14.9 Å². The zero-order chi connectivity index (χ0) is 26.0. The van der Waals surface area contributed by atoms with E-state index in [1.54, 1.807) is 10.6 Å². The highest BCUT2D eigenvalue weighted by molar-refractivity contribution is 6.00. The van der Waals surface area contributed by atoms with E-state index >= 15 is 4.39 Å². The van der Waals surface area contributed by atoms with Crippen molar-refractivity contribution in [3.8, 4) is 5.69 Å². The number of hydrogen-bond acceptors (Lipinski definition) is 4. The summed E-state index contributed by atoms with van der Waals surface area (Å²) in [6.45, 7) is 3.97. The zero-order valence-corrected chi connectivity index (χ0v) is 20.0. The van der Waals surface area contributed by atoms with Gasteiger partial charge in [-0.3, -0.25) is 5.10 Å².